The average Bonchev–Trinajstić information content (AvgIpc) is 3.37. The molecule has 0 radical (unpaired) electrons. The molecule has 2 aliphatic rings. The lowest BCUT2D eigenvalue weighted by Gasteiger charge is -2.35. The van der Waals surface area contributed by atoms with Crippen molar-refractivity contribution in [1.82, 2.24) is 19.4 Å². The number of anilines is 1. The van der Waals surface area contributed by atoms with Crippen LogP contribution in [0.1, 0.15) is 23.6 Å². The third kappa shape index (κ3) is 4.96. The molecule has 3 aromatic rings. The molecule has 0 N–H and O–H groups in total. The van der Waals surface area contributed by atoms with Crippen LogP contribution in [0.4, 0.5) is 5.69 Å². The van der Waals surface area contributed by atoms with Crippen LogP contribution in [-0.4, -0.2) is 65.3 Å². The van der Waals surface area contributed by atoms with Crippen molar-refractivity contribution in [3.63, 3.8) is 0 Å². The average molecular weight is 497 g/mol. The number of hydrogen-bond acceptors (Lipinski definition) is 6. The van der Waals surface area contributed by atoms with Gasteiger partial charge in [0.25, 0.3) is 0 Å². The Morgan fingerprint density at radius 1 is 1.19 bits per heavy atom. The fourth-order valence-electron chi connectivity index (χ4n) is 5.63. The summed E-state index contributed by atoms with van der Waals surface area (Å²) in [4.78, 5) is 29.4. The van der Waals surface area contributed by atoms with Gasteiger partial charge in [0.15, 0.2) is 5.43 Å². The van der Waals surface area contributed by atoms with Crippen molar-refractivity contribution in [3.05, 3.63) is 94.2 Å². The van der Waals surface area contributed by atoms with Crippen LogP contribution in [0, 0.1) is 0 Å². The summed E-state index contributed by atoms with van der Waals surface area (Å²) in [5, 5.41) is 0.699. The Kier molecular flexibility index (Phi) is 7.24. The van der Waals surface area contributed by atoms with Gasteiger partial charge in [-0.2, -0.15) is 0 Å². The van der Waals surface area contributed by atoms with Crippen molar-refractivity contribution in [2.45, 2.75) is 38.9 Å². The highest BCUT2D eigenvalue weighted by Crippen LogP contribution is 2.28. The van der Waals surface area contributed by atoms with Crippen LogP contribution < -0.4 is 10.3 Å². The number of allylic oxidation sites excluding steroid dienone is 2. The Balaban J connectivity index is 1.37. The number of piperazine rings is 1. The summed E-state index contributed by atoms with van der Waals surface area (Å²) in [6.45, 7) is 14.3. The number of aliphatic imine (C=N–C) groups is 1. The second-order valence-corrected chi connectivity index (χ2v) is 9.96. The number of aromatic nitrogens is 2. The van der Waals surface area contributed by atoms with Crippen molar-refractivity contribution in [2.24, 2.45) is 4.99 Å². The van der Waals surface area contributed by atoms with Gasteiger partial charge in [-0.25, -0.2) is 9.98 Å². The van der Waals surface area contributed by atoms with E-state index < -0.39 is 0 Å². The molecule has 7 nitrogen and oxygen atoms in total. The first kappa shape index (κ1) is 25.0. The predicted molar refractivity (Wildman–Crippen MR) is 152 cm³/mol. The van der Waals surface area contributed by atoms with Gasteiger partial charge in [0.1, 0.15) is 11.5 Å². The molecule has 1 aliphatic heterocycles. The van der Waals surface area contributed by atoms with Gasteiger partial charge in [0, 0.05) is 64.1 Å². The summed E-state index contributed by atoms with van der Waals surface area (Å²) in [5.74, 6) is 0.849. The highest BCUT2D eigenvalue weighted by atomic mass is 16.1. The lowest BCUT2D eigenvalue weighted by molar-refractivity contribution is 0.151. The molecule has 7 heteroatoms. The van der Waals surface area contributed by atoms with Crippen LogP contribution in [0.25, 0.3) is 11.0 Å². The maximum atomic E-state index is 13.7. The molecule has 5 rings (SSSR count). The van der Waals surface area contributed by atoms with Crippen LogP contribution in [0.2, 0.25) is 0 Å². The Bertz CT molecular complexity index is 1370. The van der Waals surface area contributed by atoms with Crippen molar-refractivity contribution in [2.75, 3.05) is 38.1 Å². The minimum Gasteiger partial charge on any atom is -0.370 e. The number of nitrogens with zero attached hydrogens (tertiary/aromatic N) is 6. The second-order valence-electron chi connectivity index (χ2n) is 9.96. The van der Waals surface area contributed by atoms with Crippen LogP contribution in [0.3, 0.4) is 0 Å². The smallest absolute Gasteiger partial charge is 0.195 e. The Morgan fingerprint density at radius 2 is 1.89 bits per heavy atom. The molecule has 0 amide bonds. The maximum Gasteiger partial charge on any atom is 0.195 e. The van der Waals surface area contributed by atoms with E-state index in [4.69, 9.17) is 4.98 Å². The zero-order chi connectivity index (χ0) is 25.9. The molecule has 0 bridgehead atoms. The maximum absolute atomic E-state index is 13.7. The number of aryl methyl sites for hydroxylation is 1. The molecular weight excluding hydrogens is 460 g/mol. The molecule has 1 aromatic carbocycles. The zero-order valence-corrected chi connectivity index (χ0v) is 21.9. The van der Waals surface area contributed by atoms with E-state index in [1.165, 1.54) is 11.1 Å². The zero-order valence-electron chi connectivity index (χ0n) is 21.9. The predicted octanol–water partition coefficient (Wildman–Crippen LogP) is 3.87. The molecule has 37 heavy (non-hydrogen) atoms. The van der Waals surface area contributed by atoms with Crippen molar-refractivity contribution in [3.8, 4) is 0 Å². The molecule has 1 fully saturated rings. The van der Waals surface area contributed by atoms with Crippen molar-refractivity contribution in [1.29, 1.82) is 0 Å². The molecular formula is C30H36N6O. The summed E-state index contributed by atoms with van der Waals surface area (Å²) < 4.78 is 2.10. The Labute approximate surface area is 219 Å². The normalized spacial score (nSPS) is 16.7. The van der Waals surface area contributed by atoms with Crippen LogP contribution >= 0.6 is 0 Å². The van der Waals surface area contributed by atoms with Crippen molar-refractivity contribution >= 4 is 23.4 Å². The van der Waals surface area contributed by atoms with Gasteiger partial charge in [-0.15, -0.1) is 0 Å². The molecule has 2 aromatic heterocycles. The quantitative estimate of drug-likeness (QED) is 0.350. The van der Waals surface area contributed by atoms with E-state index >= 15 is 0 Å². The van der Waals surface area contributed by atoms with E-state index in [1.807, 2.05) is 24.5 Å². The highest BCUT2D eigenvalue weighted by Gasteiger charge is 2.26. The number of pyridine rings is 2. The van der Waals surface area contributed by atoms with E-state index in [0.29, 0.717) is 18.0 Å². The minimum absolute atomic E-state index is 0.0830. The van der Waals surface area contributed by atoms with E-state index in [-0.39, 0.29) is 5.43 Å². The largest absolute Gasteiger partial charge is 0.370 e. The monoisotopic (exact) mass is 496 g/mol. The summed E-state index contributed by atoms with van der Waals surface area (Å²) in [5.41, 5.74) is 5.49. The molecule has 0 spiro atoms. The molecule has 192 valence electrons. The fourth-order valence-corrected chi connectivity index (χ4v) is 5.63. The number of likely N-dealkylation sites (N-methyl/N-ethyl adjacent to an activating group) is 1. The molecule has 0 saturated carbocycles. The first-order valence-corrected chi connectivity index (χ1v) is 13.1. The molecule has 0 atom stereocenters. The summed E-state index contributed by atoms with van der Waals surface area (Å²) in [7, 11) is 2.12. The van der Waals surface area contributed by atoms with Gasteiger partial charge in [-0.3, -0.25) is 9.69 Å². The highest BCUT2D eigenvalue weighted by molar-refractivity contribution is 5.79. The van der Waals surface area contributed by atoms with E-state index in [1.54, 1.807) is 6.08 Å². The van der Waals surface area contributed by atoms with Gasteiger partial charge < -0.3 is 14.4 Å². The molecule has 3 heterocycles. The van der Waals surface area contributed by atoms with Gasteiger partial charge in [0.2, 0.25) is 0 Å². The molecule has 1 aliphatic carbocycles. The number of hydrogen-bond donors (Lipinski definition) is 0. The number of benzene rings is 1. The summed E-state index contributed by atoms with van der Waals surface area (Å²) >= 11 is 0. The SMILES string of the molecule is C=C/C=C(\N=C)N1CCN(Cc2cn(CC)c3ncc(N(C)C4Cc5ccccc5C4)cc3c2=O)CC1. The van der Waals surface area contributed by atoms with E-state index in [2.05, 4.69) is 75.8 Å². The standard InChI is InChI=1S/C30H36N6O/c1-5-9-28(31-3)36-14-12-34(13-15-36)20-24-21-35(6-2)30-27(29(24)37)18-26(19-32-30)33(4)25-16-22-10-7-8-11-23(22)17-25/h5,7-11,18-19,21,25H,1,3,6,12-17,20H2,2,4H3/b28-9+. The minimum atomic E-state index is 0.0830. The Morgan fingerprint density at radius 3 is 2.51 bits per heavy atom. The van der Waals surface area contributed by atoms with Gasteiger partial charge in [-0.05, 0) is 49.8 Å². The lowest BCUT2D eigenvalue weighted by atomic mass is 10.1. The third-order valence-corrected chi connectivity index (χ3v) is 7.82. The van der Waals surface area contributed by atoms with Crippen LogP contribution in [0.15, 0.2) is 77.1 Å². The van der Waals surface area contributed by atoms with E-state index in [9.17, 15) is 4.79 Å². The van der Waals surface area contributed by atoms with Gasteiger partial charge in [-0.1, -0.05) is 36.9 Å². The van der Waals surface area contributed by atoms with Crippen LogP contribution in [0.5, 0.6) is 0 Å². The molecule has 1 saturated heterocycles. The Hall–Kier alpha value is -3.71. The second kappa shape index (κ2) is 10.7. The number of rotatable bonds is 8. The summed E-state index contributed by atoms with van der Waals surface area (Å²) in [6, 6.07) is 11.1. The molecule has 0 unspecified atom stereocenters. The summed E-state index contributed by atoms with van der Waals surface area (Å²) in [6.07, 6.45) is 9.57. The first-order chi connectivity index (χ1) is 18.0. The first-order valence-electron chi connectivity index (χ1n) is 13.1. The van der Waals surface area contributed by atoms with Gasteiger partial charge in [0.05, 0.1) is 17.3 Å². The third-order valence-electron chi connectivity index (χ3n) is 7.82. The topological polar surface area (TPSA) is 57.0 Å². The lowest BCUT2D eigenvalue weighted by Crippen LogP contribution is -2.45. The number of fused-ring (bicyclic) bond motifs is 2. The van der Waals surface area contributed by atoms with Gasteiger partial charge >= 0.3 is 0 Å². The fraction of sp³-hybridized carbons (Fsp3) is 0.367. The van der Waals surface area contributed by atoms with E-state index in [0.717, 1.165) is 68.3 Å². The van der Waals surface area contributed by atoms with Crippen LogP contribution in [-0.2, 0) is 25.9 Å². The van der Waals surface area contributed by atoms with Crippen molar-refractivity contribution < 1.29 is 0 Å².